The predicted molar refractivity (Wildman–Crippen MR) is 72.4 cm³/mol. The molecule has 0 spiro atoms. The Kier molecular flexibility index (Phi) is 5.97. The molecule has 0 aromatic heterocycles. The monoisotopic (exact) mass is 229 g/mol. The SMILES string of the molecule is C=CCN(CC=C)CCc1ccccc1C=O. The largest absolute Gasteiger partial charge is 0.298 e. The van der Waals surface area contributed by atoms with Crippen LogP contribution in [-0.4, -0.2) is 30.8 Å². The molecule has 0 fully saturated rings. The lowest BCUT2D eigenvalue weighted by molar-refractivity contribution is 0.112. The lowest BCUT2D eigenvalue weighted by Crippen LogP contribution is -2.26. The third kappa shape index (κ3) is 4.37. The second-order valence-corrected chi connectivity index (χ2v) is 3.90. The first-order chi connectivity index (χ1) is 8.31. The second-order valence-electron chi connectivity index (χ2n) is 3.90. The second kappa shape index (κ2) is 7.58. The Morgan fingerprint density at radius 3 is 2.35 bits per heavy atom. The maximum absolute atomic E-state index is 10.9. The van der Waals surface area contributed by atoms with Crippen LogP contribution in [0.4, 0.5) is 0 Å². The Hall–Kier alpha value is -1.67. The van der Waals surface area contributed by atoms with Crippen molar-refractivity contribution in [1.82, 2.24) is 4.90 Å². The Morgan fingerprint density at radius 1 is 1.12 bits per heavy atom. The molecule has 0 N–H and O–H groups in total. The molecule has 0 aliphatic rings. The first kappa shape index (κ1) is 13.4. The van der Waals surface area contributed by atoms with Crippen LogP contribution in [0.25, 0.3) is 0 Å². The van der Waals surface area contributed by atoms with Gasteiger partial charge in [0.15, 0.2) is 0 Å². The van der Waals surface area contributed by atoms with Crippen LogP contribution >= 0.6 is 0 Å². The van der Waals surface area contributed by atoms with Crippen molar-refractivity contribution in [1.29, 1.82) is 0 Å². The fourth-order valence-corrected chi connectivity index (χ4v) is 1.78. The highest BCUT2D eigenvalue weighted by Gasteiger charge is 2.04. The average Bonchev–Trinajstić information content (AvgIpc) is 2.37. The normalized spacial score (nSPS) is 10.2. The number of carbonyl (C=O) groups excluding carboxylic acids is 1. The van der Waals surface area contributed by atoms with Gasteiger partial charge in [-0.3, -0.25) is 9.69 Å². The van der Waals surface area contributed by atoms with Crippen LogP contribution in [0.3, 0.4) is 0 Å². The van der Waals surface area contributed by atoms with Gasteiger partial charge < -0.3 is 0 Å². The highest BCUT2D eigenvalue weighted by Crippen LogP contribution is 2.08. The molecule has 1 rings (SSSR count). The van der Waals surface area contributed by atoms with Gasteiger partial charge in [-0.25, -0.2) is 0 Å². The van der Waals surface area contributed by atoms with Gasteiger partial charge in [-0.2, -0.15) is 0 Å². The van der Waals surface area contributed by atoms with E-state index in [1.54, 1.807) is 0 Å². The van der Waals surface area contributed by atoms with Crippen LogP contribution in [0.15, 0.2) is 49.6 Å². The van der Waals surface area contributed by atoms with Gasteiger partial charge in [0.1, 0.15) is 6.29 Å². The minimum absolute atomic E-state index is 0.782. The molecular formula is C15H19NO. The third-order valence-corrected chi connectivity index (χ3v) is 2.65. The number of rotatable bonds is 8. The zero-order valence-corrected chi connectivity index (χ0v) is 10.1. The molecule has 0 unspecified atom stereocenters. The van der Waals surface area contributed by atoms with Crippen molar-refractivity contribution in [2.24, 2.45) is 0 Å². The van der Waals surface area contributed by atoms with E-state index in [1.807, 2.05) is 36.4 Å². The van der Waals surface area contributed by atoms with Crippen LogP contribution in [0, 0.1) is 0 Å². The minimum atomic E-state index is 0.782. The summed E-state index contributed by atoms with van der Waals surface area (Å²) in [6, 6.07) is 7.71. The molecule has 2 nitrogen and oxygen atoms in total. The van der Waals surface area contributed by atoms with Crippen LogP contribution in [0.5, 0.6) is 0 Å². The Balaban J connectivity index is 2.60. The smallest absolute Gasteiger partial charge is 0.150 e. The van der Waals surface area contributed by atoms with Crippen LogP contribution in [0.1, 0.15) is 15.9 Å². The van der Waals surface area contributed by atoms with E-state index in [1.165, 1.54) is 0 Å². The van der Waals surface area contributed by atoms with Crippen molar-refractivity contribution in [2.75, 3.05) is 19.6 Å². The molecule has 1 aromatic carbocycles. The zero-order valence-electron chi connectivity index (χ0n) is 10.1. The summed E-state index contributed by atoms with van der Waals surface area (Å²) in [5, 5.41) is 0. The Bertz CT molecular complexity index is 374. The quantitative estimate of drug-likeness (QED) is 0.504. The summed E-state index contributed by atoms with van der Waals surface area (Å²) in [7, 11) is 0. The van der Waals surface area contributed by atoms with Crippen molar-refractivity contribution in [3.63, 3.8) is 0 Å². The number of hydrogen-bond acceptors (Lipinski definition) is 2. The maximum Gasteiger partial charge on any atom is 0.150 e. The lowest BCUT2D eigenvalue weighted by atomic mass is 10.1. The van der Waals surface area contributed by atoms with Gasteiger partial charge in [0.2, 0.25) is 0 Å². The summed E-state index contributed by atoms with van der Waals surface area (Å²) in [6.45, 7) is 10.1. The van der Waals surface area contributed by atoms with Crippen molar-refractivity contribution >= 4 is 6.29 Å². The fourth-order valence-electron chi connectivity index (χ4n) is 1.78. The van der Waals surface area contributed by atoms with Gasteiger partial charge >= 0.3 is 0 Å². The first-order valence-corrected chi connectivity index (χ1v) is 5.79. The summed E-state index contributed by atoms with van der Waals surface area (Å²) in [5.74, 6) is 0. The van der Waals surface area contributed by atoms with E-state index in [-0.39, 0.29) is 0 Å². The van der Waals surface area contributed by atoms with E-state index < -0.39 is 0 Å². The molecule has 0 aliphatic heterocycles. The summed E-state index contributed by atoms with van der Waals surface area (Å²) in [5.41, 5.74) is 1.88. The molecule has 17 heavy (non-hydrogen) atoms. The molecule has 1 aromatic rings. The Morgan fingerprint density at radius 2 is 1.76 bits per heavy atom. The van der Waals surface area contributed by atoms with Crippen LogP contribution in [0.2, 0.25) is 0 Å². The molecule has 0 heterocycles. The standard InChI is InChI=1S/C15H19NO/c1-3-10-16(11-4-2)12-9-14-7-5-6-8-15(14)13-17/h3-8,13H,1-2,9-12H2. The van der Waals surface area contributed by atoms with Crippen molar-refractivity contribution < 1.29 is 4.79 Å². The average molecular weight is 229 g/mol. The number of hydrogen-bond donors (Lipinski definition) is 0. The fraction of sp³-hybridized carbons (Fsp3) is 0.267. The topological polar surface area (TPSA) is 20.3 Å². The van der Waals surface area contributed by atoms with Crippen molar-refractivity contribution in [2.45, 2.75) is 6.42 Å². The number of aldehydes is 1. The number of nitrogens with zero attached hydrogens (tertiary/aromatic N) is 1. The molecule has 90 valence electrons. The van der Waals surface area contributed by atoms with Crippen LogP contribution < -0.4 is 0 Å². The van der Waals surface area contributed by atoms with Gasteiger partial charge in [0, 0.05) is 25.2 Å². The maximum atomic E-state index is 10.9. The molecule has 2 heteroatoms. The van der Waals surface area contributed by atoms with E-state index in [0.29, 0.717) is 0 Å². The summed E-state index contributed by atoms with van der Waals surface area (Å²) in [6.07, 6.45) is 5.56. The van der Waals surface area contributed by atoms with Gasteiger partial charge in [0.05, 0.1) is 0 Å². The molecule has 0 bridgehead atoms. The van der Waals surface area contributed by atoms with E-state index in [4.69, 9.17) is 0 Å². The Labute approximate surface area is 103 Å². The number of benzene rings is 1. The molecule has 0 radical (unpaired) electrons. The number of carbonyl (C=O) groups is 1. The van der Waals surface area contributed by atoms with Gasteiger partial charge in [-0.15, -0.1) is 13.2 Å². The zero-order chi connectivity index (χ0) is 12.5. The molecule has 0 saturated carbocycles. The molecule has 0 amide bonds. The summed E-state index contributed by atoms with van der Waals surface area (Å²) in [4.78, 5) is 13.1. The molecule has 0 atom stereocenters. The summed E-state index contributed by atoms with van der Waals surface area (Å²) >= 11 is 0. The highest BCUT2D eigenvalue weighted by atomic mass is 16.1. The third-order valence-electron chi connectivity index (χ3n) is 2.65. The molecule has 0 saturated heterocycles. The molecule has 0 aliphatic carbocycles. The van der Waals surface area contributed by atoms with Crippen molar-refractivity contribution in [3.8, 4) is 0 Å². The van der Waals surface area contributed by atoms with E-state index in [9.17, 15) is 4.79 Å². The highest BCUT2D eigenvalue weighted by molar-refractivity contribution is 5.77. The van der Waals surface area contributed by atoms with Gasteiger partial charge in [-0.1, -0.05) is 36.4 Å². The first-order valence-electron chi connectivity index (χ1n) is 5.79. The molecular weight excluding hydrogens is 210 g/mol. The van der Waals surface area contributed by atoms with E-state index in [2.05, 4.69) is 18.1 Å². The minimum Gasteiger partial charge on any atom is -0.298 e. The lowest BCUT2D eigenvalue weighted by Gasteiger charge is -2.18. The van der Waals surface area contributed by atoms with Gasteiger partial charge in [-0.05, 0) is 12.0 Å². The van der Waals surface area contributed by atoms with Gasteiger partial charge in [0.25, 0.3) is 0 Å². The van der Waals surface area contributed by atoms with E-state index in [0.717, 1.165) is 43.5 Å². The van der Waals surface area contributed by atoms with Crippen molar-refractivity contribution in [3.05, 3.63) is 60.7 Å². The summed E-state index contributed by atoms with van der Waals surface area (Å²) < 4.78 is 0. The van der Waals surface area contributed by atoms with Crippen LogP contribution in [-0.2, 0) is 6.42 Å². The predicted octanol–water partition coefficient (Wildman–Crippen LogP) is 2.72. The van der Waals surface area contributed by atoms with E-state index >= 15 is 0 Å².